The van der Waals surface area contributed by atoms with E-state index in [4.69, 9.17) is 16.6 Å². The smallest absolute Gasteiger partial charge is 0.256 e. The number of nitrogens with zero attached hydrogens (tertiary/aromatic N) is 1. The number of carbonyl (C=O) groups is 1. The summed E-state index contributed by atoms with van der Waals surface area (Å²) in [5.74, 6) is -0.179. The summed E-state index contributed by atoms with van der Waals surface area (Å²) >= 11 is 11.0. The number of rotatable bonds is 3. The fraction of sp³-hybridized carbons (Fsp3) is 0.0476. The van der Waals surface area contributed by atoms with Crippen molar-refractivity contribution in [2.24, 2.45) is 0 Å². The van der Waals surface area contributed by atoms with Crippen molar-refractivity contribution in [3.8, 4) is 10.6 Å². The van der Waals surface area contributed by atoms with Crippen molar-refractivity contribution in [2.45, 2.75) is 6.92 Å². The molecule has 3 nitrogen and oxygen atoms in total. The number of aromatic nitrogens is 1. The molecule has 0 aliphatic rings. The third kappa shape index (κ3) is 3.76. The van der Waals surface area contributed by atoms with Crippen LogP contribution in [0.2, 0.25) is 4.34 Å². The SMILES string of the molecule is Cc1ccc(NC(=O)c2cc(-c3ccc(Cl)s3)nc3ccccc23)c(Br)c1. The second kappa shape index (κ2) is 7.43. The number of hydrogen-bond acceptors (Lipinski definition) is 3. The highest BCUT2D eigenvalue weighted by molar-refractivity contribution is 9.10. The average Bonchev–Trinajstić information content (AvgIpc) is 3.09. The van der Waals surface area contributed by atoms with E-state index >= 15 is 0 Å². The maximum Gasteiger partial charge on any atom is 0.256 e. The summed E-state index contributed by atoms with van der Waals surface area (Å²) in [6.07, 6.45) is 0. The maximum absolute atomic E-state index is 13.1. The summed E-state index contributed by atoms with van der Waals surface area (Å²) in [5, 5.41) is 3.80. The highest BCUT2D eigenvalue weighted by atomic mass is 79.9. The van der Waals surface area contributed by atoms with Crippen molar-refractivity contribution in [1.82, 2.24) is 4.98 Å². The van der Waals surface area contributed by atoms with E-state index < -0.39 is 0 Å². The second-order valence-electron chi connectivity index (χ2n) is 6.11. The molecular formula is C21H14BrClN2OS. The second-order valence-corrected chi connectivity index (χ2v) is 8.68. The van der Waals surface area contributed by atoms with Gasteiger partial charge in [0, 0.05) is 9.86 Å². The number of benzene rings is 2. The van der Waals surface area contributed by atoms with Crippen LogP contribution in [0.15, 0.2) is 65.1 Å². The number of nitrogens with one attached hydrogen (secondary N) is 1. The summed E-state index contributed by atoms with van der Waals surface area (Å²) in [6.45, 7) is 2.01. The molecule has 6 heteroatoms. The molecule has 0 aliphatic heterocycles. The Balaban J connectivity index is 1.80. The number of hydrogen-bond donors (Lipinski definition) is 1. The summed E-state index contributed by atoms with van der Waals surface area (Å²) in [6, 6.07) is 19.0. The van der Waals surface area contributed by atoms with Gasteiger partial charge in [0.25, 0.3) is 5.91 Å². The lowest BCUT2D eigenvalue weighted by Crippen LogP contribution is -2.13. The van der Waals surface area contributed by atoms with Crippen molar-refractivity contribution < 1.29 is 4.79 Å². The van der Waals surface area contributed by atoms with Crippen LogP contribution in [0.5, 0.6) is 0 Å². The molecule has 0 spiro atoms. The number of pyridine rings is 1. The van der Waals surface area contributed by atoms with Gasteiger partial charge in [-0.05, 0) is 64.8 Å². The highest BCUT2D eigenvalue weighted by Gasteiger charge is 2.16. The largest absolute Gasteiger partial charge is 0.321 e. The molecule has 27 heavy (non-hydrogen) atoms. The zero-order valence-corrected chi connectivity index (χ0v) is 17.5. The quantitative estimate of drug-likeness (QED) is 0.362. The van der Waals surface area contributed by atoms with E-state index in [2.05, 4.69) is 21.2 Å². The molecule has 0 aliphatic carbocycles. The minimum Gasteiger partial charge on any atom is -0.321 e. The van der Waals surface area contributed by atoms with Crippen LogP contribution in [-0.2, 0) is 0 Å². The van der Waals surface area contributed by atoms with Crippen molar-refractivity contribution in [3.63, 3.8) is 0 Å². The number of carbonyl (C=O) groups excluding carboxylic acids is 1. The van der Waals surface area contributed by atoms with Gasteiger partial charge in [-0.2, -0.15) is 0 Å². The number of aryl methyl sites for hydroxylation is 1. The predicted octanol–water partition coefficient (Wildman–Crippen LogP) is 6.94. The van der Waals surface area contributed by atoms with Crippen LogP contribution in [0.25, 0.3) is 21.5 Å². The molecule has 2 aromatic heterocycles. The molecule has 0 saturated heterocycles. The highest BCUT2D eigenvalue weighted by Crippen LogP contribution is 2.33. The van der Waals surface area contributed by atoms with Gasteiger partial charge in [0.05, 0.1) is 31.7 Å². The third-order valence-corrected chi connectivity index (χ3v) is 6.07. The van der Waals surface area contributed by atoms with Crippen molar-refractivity contribution in [3.05, 3.63) is 80.6 Å². The first-order chi connectivity index (χ1) is 13.0. The minimum absolute atomic E-state index is 0.179. The Kier molecular flexibility index (Phi) is 5.00. The molecular weight excluding hydrogens is 444 g/mol. The van der Waals surface area contributed by atoms with Crippen LogP contribution in [0.3, 0.4) is 0 Å². The number of fused-ring (bicyclic) bond motifs is 1. The van der Waals surface area contributed by atoms with Gasteiger partial charge in [-0.25, -0.2) is 4.98 Å². The van der Waals surface area contributed by atoms with Gasteiger partial charge in [0.2, 0.25) is 0 Å². The van der Waals surface area contributed by atoms with Gasteiger partial charge in [-0.3, -0.25) is 4.79 Å². The summed E-state index contributed by atoms with van der Waals surface area (Å²) < 4.78 is 1.54. The molecule has 4 aromatic rings. The lowest BCUT2D eigenvalue weighted by atomic mass is 10.1. The van der Waals surface area contributed by atoms with Crippen LogP contribution in [0.1, 0.15) is 15.9 Å². The summed E-state index contributed by atoms with van der Waals surface area (Å²) in [4.78, 5) is 18.7. The number of amides is 1. The van der Waals surface area contributed by atoms with Gasteiger partial charge in [-0.1, -0.05) is 35.9 Å². The molecule has 1 N–H and O–H groups in total. The fourth-order valence-corrected chi connectivity index (χ4v) is 4.45. The van der Waals surface area contributed by atoms with Crippen LogP contribution in [-0.4, -0.2) is 10.9 Å². The van der Waals surface area contributed by atoms with Gasteiger partial charge in [0.1, 0.15) is 0 Å². The Morgan fingerprint density at radius 1 is 1.11 bits per heavy atom. The molecule has 2 aromatic carbocycles. The molecule has 2 heterocycles. The maximum atomic E-state index is 13.1. The van der Waals surface area contributed by atoms with Crippen molar-refractivity contribution in [2.75, 3.05) is 5.32 Å². The zero-order valence-electron chi connectivity index (χ0n) is 14.3. The first-order valence-corrected chi connectivity index (χ1v) is 10.2. The minimum atomic E-state index is -0.179. The van der Waals surface area contributed by atoms with Crippen LogP contribution in [0, 0.1) is 6.92 Å². The zero-order chi connectivity index (χ0) is 19.0. The number of para-hydroxylation sites is 1. The molecule has 4 rings (SSSR count). The van der Waals surface area contributed by atoms with Gasteiger partial charge >= 0.3 is 0 Å². The molecule has 1 amide bonds. The number of anilines is 1. The first-order valence-electron chi connectivity index (χ1n) is 8.24. The van der Waals surface area contributed by atoms with E-state index in [1.807, 2.05) is 67.6 Å². The van der Waals surface area contributed by atoms with Crippen molar-refractivity contribution >= 4 is 61.4 Å². The van der Waals surface area contributed by atoms with Gasteiger partial charge in [-0.15, -0.1) is 11.3 Å². The van der Waals surface area contributed by atoms with Gasteiger partial charge in [0.15, 0.2) is 0 Å². The Labute approximate surface area is 174 Å². The fourth-order valence-electron chi connectivity index (χ4n) is 2.85. The predicted molar refractivity (Wildman–Crippen MR) is 117 cm³/mol. The van der Waals surface area contributed by atoms with Crippen LogP contribution in [0.4, 0.5) is 5.69 Å². The number of thiophene rings is 1. The molecule has 0 unspecified atom stereocenters. The van der Waals surface area contributed by atoms with E-state index in [-0.39, 0.29) is 5.91 Å². The molecule has 134 valence electrons. The molecule has 0 saturated carbocycles. The topological polar surface area (TPSA) is 42.0 Å². The Bertz CT molecular complexity index is 1170. The first kappa shape index (κ1) is 18.2. The Morgan fingerprint density at radius 2 is 1.93 bits per heavy atom. The van der Waals surface area contributed by atoms with Crippen LogP contribution >= 0.6 is 38.9 Å². The van der Waals surface area contributed by atoms with Gasteiger partial charge < -0.3 is 5.32 Å². The van der Waals surface area contributed by atoms with Crippen LogP contribution < -0.4 is 5.32 Å². The normalized spacial score (nSPS) is 10.9. The molecule has 0 fully saturated rings. The van der Waals surface area contributed by atoms with E-state index in [0.29, 0.717) is 9.90 Å². The van der Waals surface area contributed by atoms with E-state index in [0.717, 1.165) is 37.2 Å². The molecule has 0 radical (unpaired) electrons. The lowest BCUT2D eigenvalue weighted by molar-refractivity contribution is 0.102. The number of halogens is 2. The third-order valence-electron chi connectivity index (χ3n) is 4.16. The average molecular weight is 458 g/mol. The standard InChI is InChI=1S/C21H14BrClN2OS/c1-12-6-7-17(15(22)10-12)25-21(26)14-11-18(19-8-9-20(23)27-19)24-16-5-3-2-4-13(14)16/h2-11H,1H3,(H,25,26). The van der Waals surface area contributed by atoms with E-state index in [9.17, 15) is 4.79 Å². The Morgan fingerprint density at radius 3 is 2.67 bits per heavy atom. The van der Waals surface area contributed by atoms with Crippen molar-refractivity contribution in [1.29, 1.82) is 0 Å². The van der Waals surface area contributed by atoms with E-state index in [1.165, 1.54) is 11.3 Å². The molecule has 0 bridgehead atoms. The Hall–Kier alpha value is -2.21. The monoisotopic (exact) mass is 456 g/mol. The summed E-state index contributed by atoms with van der Waals surface area (Å²) in [7, 11) is 0. The molecule has 0 atom stereocenters. The summed E-state index contributed by atoms with van der Waals surface area (Å²) in [5.41, 5.74) is 3.93. The lowest BCUT2D eigenvalue weighted by Gasteiger charge is -2.11. The van der Waals surface area contributed by atoms with E-state index in [1.54, 1.807) is 0 Å².